The Morgan fingerprint density at radius 2 is 1.48 bits per heavy atom. The Kier molecular flexibility index (Phi) is 7.08. The number of aliphatic imine (C=N–C) groups is 1. The van der Waals surface area contributed by atoms with Crippen molar-refractivity contribution < 1.29 is 14.4 Å². The Labute approximate surface area is 151 Å². The van der Waals surface area contributed by atoms with E-state index in [4.69, 9.17) is 9.79 Å². The molecule has 0 amide bonds. The van der Waals surface area contributed by atoms with Crippen LogP contribution in [-0.2, 0) is 4.57 Å². The van der Waals surface area contributed by atoms with Gasteiger partial charge in [-0.2, -0.15) is 0 Å². The van der Waals surface area contributed by atoms with Crippen molar-refractivity contribution in [2.24, 2.45) is 4.99 Å². The number of hydrogen-bond donors (Lipinski definition) is 4. The van der Waals surface area contributed by atoms with Gasteiger partial charge in [-0.15, -0.1) is 0 Å². The van der Waals surface area contributed by atoms with Gasteiger partial charge in [0.15, 0.2) is 5.96 Å². The van der Waals surface area contributed by atoms with E-state index in [0.717, 1.165) is 22.5 Å². The van der Waals surface area contributed by atoms with Crippen LogP contribution in [0.2, 0.25) is 0 Å². The summed E-state index contributed by atoms with van der Waals surface area (Å²) in [6, 6.07) is 15.7. The van der Waals surface area contributed by atoms with Crippen LogP contribution in [0.1, 0.15) is 11.1 Å². The predicted molar refractivity (Wildman–Crippen MR) is 106 cm³/mol. The molecule has 0 radical (unpaired) electrons. The van der Waals surface area contributed by atoms with E-state index in [0.29, 0.717) is 17.3 Å². The third kappa shape index (κ3) is 6.92. The van der Waals surface area contributed by atoms with E-state index >= 15 is 0 Å². The van der Waals surface area contributed by atoms with Crippen molar-refractivity contribution in [3.63, 3.8) is 0 Å². The maximum atomic E-state index is 10.9. The number of nitrogens with one attached hydrogen (secondary N) is 2. The first kappa shape index (κ1) is 19.5. The zero-order valence-electron chi connectivity index (χ0n) is 14.1. The van der Waals surface area contributed by atoms with Crippen molar-refractivity contribution in [3.05, 3.63) is 59.7 Å². The lowest BCUT2D eigenvalue weighted by molar-refractivity contribution is 0.397. The molecule has 0 bridgehead atoms. The average molecular weight is 379 g/mol. The van der Waals surface area contributed by atoms with E-state index in [1.165, 1.54) is 0 Å². The van der Waals surface area contributed by atoms with Gasteiger partial charge in [0.1, 0.15) is 0 Å². The first-order valence-corrected chi connectivity index (χ1v) is 11.0. The molecule has 2 rings (SSSR count). The fraction of sp³-hybridized carbons (Fsp3) is 0.235. The van der Waals surface area contributed by atoms with Crippen LogP contribution in [0.4, 0.5) is 11.4 Å². The van der Waals surface area contributed by atoms with Gasteiger partial charge in [0.2, 0.25) is 0 Å². The summed E-state index contributed by atoms with van der Waals surface area (Å²) in [5.41, 5.74) is 3.99. The molecule has 0 saturated heterocycles. The Bertz CT molecular complexity index is 743. The number of anilines is 2. The van der Waals surface area contributed by atoms with Gasteiger partial charge < -0.3 is 20.4 Å². The minimum atomic E-state index is -4.07. The molecule has 25 heavy (non-hydrogen) atoms. The van der Waals surface area contributed by atoms with Crippen LogP contribution < -0.4 is 10.6 Å². The molecule has 0 saturated carbocycles. The molecule has 0 unspecified atom stereocenters. The summed E-state index contributed by atoms with van der Waals surface area (Å²) in [5, 5.41) is 6.51. The van der Waals surface area contributed by atoms with Gasteiger partial charge in [-0.25, -0.2) is 4.57 Å². The minimum absolute atomic E-state index is 0.235. The Morgan fingerprint density at radius 3 is 1.92 bits per heavy atom. The van der Waals surface area contributed by atoms with Gasteiger partial charge in [-0.05, 0) is 48.5 Å². The second-order valence-corrected chi connectivity index (χ2v) is 9.28. The van der Waals surface area contributed by atoms with Crippen LogP contribution in [0.25, 0.3) is 0 Å². The first-order valence-electron chi connectivity index (χ1n) is 7.75. The number of benzene rings is 2. The van der Waals surface area contributed by atoms with Gasteiger partial charge in [-0.3, -0.25) is 4.99 Å². The summed E-state index contributed by atoms with van der Waals surface area (Å²) in [6.07, 6.45) is 0. The maximum Gasteiger partial charge on any atom is 0.384 e. The lowest BCUT2D eigenvalue weighted by Crippen LogP contribution is -2.23. The van der Waals surface area contributed by atoms with Gasteiger partial charge in [0.25, 0.3) is 0 Å². The van der Waals surface area contributed by atoms with E-state index < -0.39 is 6.80 Å². The van der Waals surface area contributed by atoms with Crippen molar-refractivity contribution in [1.29, 1.82) is 0 Å². The number of rotatable bonds is 6. The molecule has 8 heteroatoms. The number of para-hydroxylation sites is 2. The van der Waals surface area contributed by atoms with Crippen molar-refractivity contribution >= 4 is 35.5 Å². The third-order valence-corrected chi connectivity index (χ3v) is 5.68. The smallest absolute Gasteiger partial charge is 0.326 e. The van der Waals surface area contributed by atoms with Crippen LogP contribution in [0.15, 0.2) is 53.5 Å². The highest BCUT2D eigenvalue weighted by atomic mass is 32.7. The summed E-state index contributed by atoms with van der Waals surface area (Å²) in [7, 11) is 0. The van der Waals surface area contributed by atoms with E-state index in [1.807, 2.05) is 62.4 Å². The highest BCUT2D eigenvalue weighted by molar-refractivity contribution is 8.54. The van der Waals surface area contributed by atoms with Crippen LogP contribution in [-0.4, -0.2) is 28.0 Å². The predicted octanol–water partition coefficient (Wildman–Crippen LogP) is 4.01. The molecular formula is C17H22N3O3PS. The van der Waals surface area contributed by atoms with E-state index in [-0.39, 0.29) is 12.3 Å². The van der Waals surface area contributed by atoms with Crippen molar-refractivity contribution in [2.75, 3.05) is 22.9 Å². The third-order valence-electron chi connectivity index (χ3n) is 3.42. The number of aryl methyl sites for hydroxylation is 2. The van der Waals surface area contributed by atoms with Crippen LogP contribution in [0, 0.1) is 13.8 Å². The summed E-state index contributed by atoms with van der Waals surface area (Å²) in [5.74, 6) is 0.772. The molecule has 0 aromatic heterocycles. The van der Waals surface area contributed by atoms with Crippen molar-refractivity contribution in [3.8, 4) is 0 Å². The quantitative estimate of drug-likeness (QED) is 0.262. The highest BCUT2D eigenvalue weighted by Crippen LogP contribution is 2.49. The van der Waals surface area contributed by atoms with Crippen LogP contribution in [0.3, 0.4) is 0 Å². The molecule has 0 aliphatic heterocycles. The molecule has 2 aromatic rings. The van der Waals surface area contributed by atoms with Crippen LogP contribution >= 0.6 is 18.2 Å². The van der Waals surface area contributed by atoms with E-state index in [9.17, 15) is 4.57 Å². The number of hydrogen-bond acceptors (Lipinski definition) is 3. The topological polar surface area (TPSA) is 94.0 Å². The summed E-state index contributed by atoms with van der Waals surface area (Å²) < 4.78 is 10.9. The standard InChI is InChI=1S/C17H22N3O3PS/c1-13-7-3-5-9-15(13)19-17(18-11-12-25-24(21,22)23)20-16-10-6-4-8-14(16)2/h3-10H,11-12H2,1-2H3,(H2,18,19,20)(H2,21,22,23). The second kappa shape index (κ2) is 9.06. The van der Waals surface area contributed by atoms with Gasteiger partial charge >= 0.3 is 6.80 Å². The Balaban J connectivity index is 2.14. The maximum absolute atomic E-state index is 10.9. The van der Waals surface area contributed by atoms with E-state index in [2.05, 4.69) is 15.6 Å². The van der Waals surface area contributed by atoms with Crippen LogP contribution in [0.5, 0.6) is 0 Å². The lowest BCUT2D eigenvalue weighted by atomic mass is 10.2. The molecule has 0 atom stereocenters. The normalized spacial score (nSPS) is 11.0. The largest absolute Gasteiger partial charge is 0.384 e. The molecule has 0 spiro atoms. The van der Waals surface area contributed by atoms with E-state index in [1.54, 1.807) is 0 Å². The summed E-state index contributed by atoms with van der Waals surface area (Å²) in [4.78, 5) is 22.3. The highest BCUT2D eigenvalue weighted by Gasteiger charge is 2.12. The zero-order chi connectivity index (χ0) is 18.3. The molecular weight excluding hydrogens is 357 g/mol. The number of nitrogens with zero attached hydrogens (tertiary/aromatic N) is 1. The minimum Gasteiger partial charge on any atom is -0.326 e. The molecule has 4 N–H and O–H groups in total. The monoisotopic (exact) mass is 379 g/mol. The molecule has 0 aliphatic rings. The van der Waals surface area contributed by atoms with Gasteiger partial charge in [0.05, 0.1) is 6.54 Å². The van der Waals surface area contributed by atoms with Crippen molar-refractivity contribution in [2.45, 2.75) is 13.8 Å². The first-order chi connectivity index (χ1) is 11.8. The number of guanidine groups is 1. The SMILES string of the molecule is Cc1ccccc1NC(=NCCSP(=O)(O)O)Nc1ccccc1C. The summed E-state index contributed by atoms with van der Waals surface area (Å²) >= 11 is 0.598. The fourth-order valence-electron chi connectivity index (χ4n) is 2.11. The van der Waals surface area contributed by atoms with Gasteiger partial charge in [0, 0.05) is 17.1 Å². The van der Waals surface area contributed by atoms with Gasteiger partial charge in [-0.1, -0.05) is 36.4 Å². The molecule has 2 aromatic carbocycles. The molecule has 0 fully saturated rings. The molecule has 0 aliphatic carbocycles. The molecule has 0 heterocycles. The average Bonchev–Trinajstić information content (AvgIpc) is 2.54. The van der Waals surface area contributed by atoms with Crippen molar-refractivity contribution in [1.82, 2.24) is 0 Å². The molecule has 6 nitrogen and oxygen atoms in total. The Morgan fingerprint density at radius 1 is 1.00 bits per heavy atom. The Hall–Kier alpha value is -1.79. The zero-order valence-corrected chi connectivity index (χ0v) is 15.8. The second-order valence-electron chi connectivity index (χ2n) is 5.43. The fourth-order valence-corrected chi connectivity index (χ4v) is 3.48. The summed E-state index contributed by atoms with van der Waals surface area (Å²) in [6.45, 7) is 0.208. The lowest BCUT2D eigenvalue weighted by Gasteiger charge is -2.15. The molecule has 134 valence electrons.